The molecular weight excluding hydrogens is 280 g/mol. The Morgan fingerprint density at radius 1 is 1.36 bits per heavy atom. The van der Waals surface area contributed by atoms with Crippen LogP contribution in [0.5, 0.6) is 0 Å². The van der Waals surface area contributed by atoms with Gasteiger partial charge in [-0.05, 0) is 26.2 Å². The SMILES string of the molecule is CC(O)C1CCN(C(=NCC(=O)N(C)C)NC2CCCC2)C1. The minimum atomic E-state index is -0.291. The predicted octanol–water partition coefficient (Wildman–Crippen LogP) is 0.666. The Morgan fingerprint density at radius 2 is 2.05 bits per heavy atom. The highest BCUT2D eigenvalue weighted by Crippen LogP contribution is 2.22. The molecule has 2 fully saturated rings. The van der Waals surface area contributed by atoms with Crippen LogP contribution < -0.4 is 5.32 Å². The van der Waals surface area contributed by atoms with Crippen molar-refractivity contribution in [2.45, 2.75) is 51.2 Å². The lowest BCUT2D eigenvalue weighted by molar-refractivity contribution is -0.127. The van der Waals surface area contributed by atoms with Gasteiger partial charge in [0, 0.05) is 39.1 Å². The molecule has 1 saturated heterocycles. The minimum absolute atomic E-state index is 0.0111. The number of hydrogen-bond acceptors (Lipinski definition) is 3. The molecule has 0 aromatic rings. The number of aliphatic imine (C=N–C) groups is 1. The summed E-state index contributed by atoms with van der Waals surface area (Å²) in [5.74, 6) is 1.14. The van der Waals surface area contributed by atoms with E-state index in [0.717, 1.165) is 25.5 Å². The standard InChI is InChI=1S/C16H30N4O2/c1-12(21)13-8-9-20(11-13)16(17-10-15(22)19(2)3)18-14-6-4-5-7-14/h12-14,21H,4-11H2,1-3H3,(H,17,18). The van der Waals surface area contributed by atoms with Crippen LogP contribution in [0, 0.1) is 5.92 Å². The number of aliphatic hydroxyl groups excluding tert-OH is 1. The Labute approximate surface area is 133 Å². The number of carbonyl (C=O) groups is 1. The first-order chi connectivity index (χ1) is 10.5. The van der Waals surface area contributed by atoms with Gasteiger partial charge in [0.05, 0.1) is 6.10 Å². The molecule has 2 unspecified atom stereocenters. The highest BCUT2D eigenvalue weighted by molar-refractivity contribution is 5.85. The number of likely N-dealkylation sites (N-methyl/N-ethyl adjacent to an activating group) is 1. The number of carbonyl (C=O) groups excluding carboxylic acids is 1. The van der Waals surface area contributed by atoms with Gasteiger partial charge in [-0.3, -0.25) is 4.79 Å². The topological polar surface area (TPSA) is 68.2 Å². The lowest BCUT2D eigenvalue weighted by atomic mass is 10.0. The molecule has 0 spiro atoms. The van der Waals surface area contributed by atoms with Crippen LogP contribution in [0.1, 0.15) is 39.0 Å². The Bertz CT molecular complexity index is 403. The third-order valence-electron chi connectivity index (χ3n) is 4.76. The van der Waals surface area contributed by atoms with Crippen molar-refractivity contribution >= 4 is 11.9 Å². The average Bonchev–Trinajstić information content (AvgIpc) is 3.13. The monoisotopic (exact) mass is 310 g/mol. The normalized spacial score (nSPS) is 24.6. The number of likely N-dealkylation sites (tertiary alicyclic amines) is 1. The summed E-state index contributed by atoms with van der Waals surface area (Å²) in [6.07, 6.45) is 5.56. The Kier molecular flexibility index (Phi) is 6.06. The van der Waals surface area contributed by atoms with E-state index in [1.807, 2.05) is 6.92 Å². The molecule has 1 aliphatic heterocycles. The molecular formula is C16H30N4O2. The van der Waals surface area contributed by atoms with E-state index in [-0.39, 0.29) is 18.6 Å². The zero-order chi connectivity index (χ0) is 16.1. The molecule has 22 heavy (non-hydrogen) atoms. The second kappa shape index (κ2) is 7.81. The first-order valence-electron chi connectivity index (χ1n) is 8.41. The van der Waals surface area contributed by atoms with Gasteiger partial charge >= 0.3 is 0 Å². The highest BCUT2D eigenvalue weighted by Gasteiger charge is 2.29. The van der Waals surface area contributed by atoms with E-state index in [9.17, 15) is 9.90 Å². The summed E-state index contributed by atoms with van der Waals surface area (Å²) in [5, 5.41) is 13.3. The molecule has 0 bridgehead atoms. The fourth-order valence-corrected chi connectivity index (χ4v) is 3.15. The van der Waals surface area contributed by atoms with Crippen molar-refractivity contribution in [3.63, 3.8) is 0 Å². The molecule has 1 saturated carbocycles. The third kappa shape index (κ3) is 4.60. The Hall–Kier alpha value is -1.30. The maximum atomic E-state index is 11.8. The average molecular weight is 310 g/mol. The van der Waals surface area contributed by atoms with E-state index < -0.39 is 0 Å². The number of amides is 1. The van der Waals surface area contributed by atoms with Gasteiger partial charge in [0.15, 0.2) is 5.96 Å². The second-order valence-corrected chi connectivity index (χ2v) is 6.79. The molecule has 6 nitrogen and oxygen atoms in total. The van der Waals surface area contributed by atoms with Crippen molar-refractivity contribution in [1.29, 1.82) is 0 Å². The van der Waals surface area contributed by atoms with Crippen LogP contribution in [-0.2, 0) is 4.79 Å². The number of guanidine groups is 1. The van der Waals surface area contributed by atoms with Crippen LogP contribution >= 0.6 is 0 Å². The van der Waals surface area contributed by atoms with E-state index in [4.69, 9.17) is 0 Å². The molecule has 1 amide bonds. The second-order valence-electron chi connectivity index (χ2n) is 6.79. The smallest absolute Gasteiger partial charge is 0.243 e. The molecule has 126 valence electrons. The largest absolute Gasteiger partial charge is 0.393 e. The highest BCUT2D eigenvalue weighted by atomic mass is 16.3. The summed E-state index contributed by atoms with van der Waals surface area (Å²) in [4.78, 5) is 20.1. The lowest BCUT2D eigenvalue weighted by Gasteiger charge is -2.25. The number of nitrogens with one attached hydrogen (secondary N) is 1. The molecule has 2 rings (SSSR count). The minimum Gasteiger partial charge on any atom is -0.393 e. The maximum Gasteiger partial charge on any atom is 0.243 e. The molecule has 6 heteroatoms. The van der Waals surface area contributed by atoms with Gasteiger partial charge in [-0.1, -0.05) is 12.8 Å². The number of hydrogen-bond donors (Lipinski definition) is 2. The van der Waals surface area contributed by atoms with E-state index in [2.05, 4.69) is 15.2 Å². The maximum absolute atomic E-state index is 11.8. The summed E-state index contributed by atoms with van der Waals surface area (Å²) >= 11 is 0. The van der Waals surface area contributed by atoms with Gasteiger partial charge in [0.1, 0.15) is 6.54 Å². The summed E-state index contributed by atoms with van der Waals surface area (Å²) in [5.41, 5.74) is 0. The summed E-state index contributed by atoms with van der Waals surface area (Å²) in [7, 11) is 3.50. The quantitative estimate of drug-likeness (QED) is 0.591. The predicted molar refractivity (Wildman–Crippen MR) is 87.7 cm³/mol. The first-order valence-corrected chi connectivity index (χ1v) is 8.41. The molecule has 2 N–H and O–H groups in total. The van der Waals surface area contributed by atoms with Gasteiger partial charge in [-0.15, -0.1) is 0 Å². The van der Waals surface area contributed by atoms with Gasteiger partial charge in [-0.2, -0.15) is 0 Å². The molecule has 2 aliphatic rings. The lowest BCUT2D eigenvalue weighted by Crippen LogP contribution is -2.45. The van der Waals surface area contributed by atoms with E-state index in [1.54, 1.807) is 19.0 Å². The molecule has 1 aliphatic carbocycles. The van der Waals surface area contributed by atoms with Crippen molar-refractivity contribution in [3.05, 3.63) is 0 Å². The van der Waals surface area contributed by atoms with Gasteiger partial charge in [-0.25, -0.2) is 4.99 Å². The summed E-state index contributed by atoms with van der Waals surface area (Å²) in [6.45, 7) is 3.74. The van der Waals surface area contributed by atoms with Crippen molar-refractivity contribution in [3.8, 4) is 0 Å². The van der Waals surface area contributed by atoms with Crippen LogP contribution in [-0.4, -0.2) is 72.6 Å². The van der Waals surface area contributed by atoms with Gasteiger partial charge in [0.25, 0.3) is 0 Å². The van der Waals surface area contributed by atoms with Crippen molar-refractivity contribution in [2.24, 2.45) is 10.9 Å². The Morgan fingerprint density at radius 3 is 2.59 bits per heavy atom. The van der Waals surface area contributed by atoms with E-state index >= 15 is 0 Å². The molecule has 0 aromatic carbocycles. The number of rotatable bonds is 4. The van der Waals surface area contributed by atoms with Gasteiger partial charge in [0.2, 0.25) is 5.91 Å². The van der Waals surface area contributed by atoms with Crippen LogP contribution in [0.4, 0.5) is 0 Å². The molecule has 0 radical (unpaired) electrons. The van der Waals surface area contributed by atoms with Crippen LogP contribution in [0.3, 0.4) is 0 Å². The summed E-state index contributed by atoms with van der Waals surface area (Å²) in [6, 6.07) is 0.471. The molecule has 1 heterocycles. The summed E-state index contributed by atoms with van der Waals surface area (Å²) < 4.78 is 0. The third-order valence-corrected chi connectivity index (χ3v) is 4.76. The van der Waals surface area contributed by atoms with Gasteiger partial charge < -0.3 is 20.2 Å². The van der Waals surface area contributed by atoms with E-state index in [0.29, 0.717) is 12.0 Å². The van der Waals surface area contributed by atoms with Crippen LogP contribution in [0.15, 0.2) is 4.99 Å². The fraction of sp³-hybridized carbons (Fsp3) is 0.875. The molecule has 2 atom stereocenters. The fourth-order valence-electron chi connectivity index (χ4n) is 3.15. The zero-order valence-electron chi connectivity index (χ0n) is 14.1. The van der Waals surface area contributed by atoms with Crippen molar-refractivity contribution < 1.29 is 9.90 Å². The van der Waals surface area contributed by atoms with Crippen molar-refractivity contribution in [1.82, 2.24) is 15.1 Å². The Balaban J connectivity index is 2.00. The van der Waals surface area contributed by atoms with E-state index in [1.165, 1.54) is 25.7 Å². The zero-order valence-corrected chi connectivity index (χ0v) is 14.1. The molecule has 0 aromatic heterocycles. The van der Waals surface area contributed by atoms with Crippen LogP contribution in [0.25, 0.3) is 0 Å². The first kappa shape index (κ1) is 17.1. The van der Waals surface area contributed by atoms with Crippen LogP contribution in [0.2, 0.25) is 0 Å². The number of nitrogens with zero attached hydrogens (tertiary/aromatic N) is 3. The van der Waals surface area contributed by atoms with Crippen molar-refractivity contribution in [2.75, 3.05) is 33.7 Å². The number of aliphatic hydroxyl groups is 1.